The molecule has 0 bridgehead atoms. The van der Waals surface area contributed by atoms with E-state index in [-0.39, 0.29) is 11.6 Å². The minimum absolute atomic E-state index is 0.0881. The normalized spacial score (nSPS) is 12.0. The fraction of sp³-hybridized carbons (Fsp3) is 0.182. The van der Waals surface area contributed by atoms with E-state index in [0.29, 0.717) is 5.56 Å². The fourth-order valence-electron chi connectivity index (χ4n) is 1.56. The molecule has 0 amide bonds. The Morgan fingerprint density at radius 2 is 2.21 bits per heavy atom. The highest BCUT2D eigenvalue weighted by atomic mass is 35.5. The highest BCUT2D eigenvalue weighted by Gasteiger charge is 2.25. The van der Waals surface area contributed by atoms with Gasteiger partial charge in [-0.2, -0.15) is 9.40 Å². The van der Waals surface area contributed by atoms with E-state index in [1.54, 1.807) is 6.20 Å². The van der Waals surface area contributed by atoms with E-state index in [0.717, 1.165) is 4.31 Å². The van der Waals surface area contributed by atoms with E-state index >= 15 is 0 Å². The highest BCUT2D eigenvalue weighted by Crippen LogP contribution is 2.24. The second-order valence-electron chi connectivity index (χ2n) is 3.92. The van der Waals surface area contributed by atoms with Crippen LogP contribution in [-0.4, -0.2) is 30.0 Å². The summed E-state index contributed by atoms with van der Waals surface area (Å²) in [6, 6.07) is 3.87. The topological polar surface area (TPSA) is 66.1 Å². The summed E-state index contributed by atoms with van der Waals surface area (Å²) in [5.41, 5.74) is 0.675. The standard InChI is InChI=1S/C11H11ClFN3O2S/c1-16(7-8-5-14-15-6-8)19(17,18)10-4-2-3-9(12)11(10)13/h2-6H,7H2,1H3,(H,14,15). The Morgan fingerprint density at radius 1 is 1.47 bits per heavy atom. The Bertz CT molecular complexity index is 673. The van der Waals surface area contributed by atoms with Gasteiger partial charge in [-0.3, -0.25) is 5.10 Å². The smallest absolute Gasteiger partial charge is 0.246 e. The van der Waals surface area contributed by atoms with Crippen LogP contribution in [0.15, 0.2) is 35.5 Å². The van der Waals surface area contributed by atoms with E-state index in [2.05, 4.69) is 10.2 Å². The van der Waals surface area contributed by atoms with Gasteiger partial charge in [-0.05, 0) is 12.1 Å². The molecule has 2 rings (SSSR count). The number of sulfonamides is 1. The zero-order valence-electron chi connectivity index (χ0n) is 9.97. The summed E-state index contributed by atoms with van der Waals surface area (Å²) in [7, 11) is -2.57. The van der Waals surface area contributed by atoms with Crippen molar-refractivity contribution in [2.45, 2.75) is 11.4 Å². The first-order valence-corrected chi connectivity index (χ1v) is 7.12. The number of hydrogen-bond donors (Lipinski definition) is 1. The number of nitrogens with one attached hydrogen (secondary N) is 1. The van der Waals surface area contributed by atoms with Gasteiger partial charge in [0.2, 0.25) is 10.0 Å². The Hall–Kier alpha value is -1.44. The number of aromatic nitrogens is 2. The van der Waals surface area contributed by atoms with Gasteiger partial charge in [0, 0.05) is 25.4 Å². The van der Waals surface area contributed by atoms with Gasteiger partial charge in [0.1, 0.15) is 4.90 Å². The molecule has 1 aromatic heterocycles. The average Bonchev–Trinajstić information content (AvgIpc) is 2.85. The van der Waals surface area contributed by atoms with Crippen molar-refractivity contribution in [2.24, 2.45) is 0 Å². The third-order valence-corrected chi connectivity index (χ3v) is 4.68. The van der Waals surface area contributed by atoms with Gasteiger partial charge < -0.3 is 0 Å². The maximum atomic E-state index is 13.8. The number of aromatic amines is 1. The first-order valence-electron chi connectivity index (χ1n) is 5.31. The molecule has 0 spiro atoms. The van der Waals surface area contributed by atoms with Crippen molar-refractivity contribution >= 4 is 21.6 Å². The van der Waals surface area contributed by atoms with Gasteiger partial charge in [0.25, 0.3) is 0 Å². The van der Waals surface area contributed by atoms with Crippen LogP contribution >= 0.6 is 11.6 Å². The van der Waals surface area contributed by atoms with Crippen LogP contribution in [0.1, 0.15) is 5.56 Å². The van der Waals surface area contributed by atoms with Gasteiger partial charge in [0.05, 0.1) is 11.2 Å². The van der Waals surface area contributed by atoms with Crippen LogP contribution in [0, 0.1) is 5.82 Å². The molecule has 102 valence electrons. The summed E-state index contributed by atoms with van der Waals surface area (Å²) in [4.78, 5) is -0.439. The largest absolute Gasteiger partial charge is 0.285 e. The molecule has 19 heavy (non-hydrogen) atoms. The molecule has 2 aromatic rings. The van der Waals surface area contributed by atoms with E-state index in [1.807, 2.05) is 0 Å². The lowest BCUT2D eigenvalue weighted by molar-refractivity contribution is 0.460. The van der Waals surface area contributed by atoms with E-state index in [4.69, 9.17) is 11.6 Å². The first kappa shape index (κ1) is 14.0. The summed E-state index contributed by atoms with van der Waals surface area (Å²) < 4.78 is 39.3. The highest BCUT2D eigenvalue weighted by molar-refractivity contribution is 7.89. The van der Waals surface area contributed by atoms with Crippen molar-refractivity contribution in [2.75, 3.05) is 7.05 Å². The summed E-state index contributed by atoms with van der Waals surface area (Å²) in [6.07, 6.45) is 3.07. The lowest BCUT2D eigenvalue weighted by Crippen LogP contribution is -2.27. The number of halogens is 2. The van der Waals surface area contributed by atoms with E-state index in [1.165, 1.54) is 31.4 Å². The lowest BCUT2D eigenvalue weighted by atomic mass is 10.3. The van der Waals surface area contributed by atoms with E-state index in [9.17, 15) is 12.8 Å². The SMILES string of the molecule is CN(Cc1cn[nH]c1)S(=O)(=O)c1cccc(Cl)c1F. The average molecular weight is 304 g/mol. The third kappa shape index (κ3) is 2.78. The minimum Gasteiger partial charge on any atom is -0.285 e. The third-order valence-electron chi connectivity index (χ3n) is 2.56. The Kier molecular flexibility index (Phi) is 3.88. The van der Waals surface area contributed by atoms with Crippen LogP contribution in [0.3, 0.4) is 0 Å². The monoisotopic (exact) mass is 303 g/mol. The van der Waals surface area contributed by atoms with Gasteiger partial charge in [-0.1, -0.05) is 17.7 Å². The predicted octanol–water partition coefficient (Wildman–Crippen LogP) is 2.02. The lowest BCUT2D eigenvalue weighted by Gasteiger charge is -2.17. The quantitative estimate of drug-likeness (QED) is 0.939. The second-order valence-corrected chi connectivity index (χ2v) is 6.34. The van der Waals surface area contributed by atoms with Gasteiger partial charge in [0.15, 0.2) is 5.82 Å². The Labute approximate surface area is 115 Å². The maximum Gasteiger partial charge on any atom is 0.246 e. The van der Waals surface area contributed by atoms with Crippen molar-refractivity contribution < 1.29 is 12.8 Å². The van der Waals surface area contributed by atoms with Crippen molar-refractivity contribution in [1.82, 2.24) is 14.5 Å². The van der Waals surface area contributed by atoms with Gasteiger partial charge in [-0.15, -0.1) is 0 Å². The van der Waals surface area contributed by atoms with Gasteiger partial charge >= 0.3 is 0 Å². The van der Waals surface area contributed by atoms with Crippen molar-refractivity contribution in [1.29, 1.82) is 0 Å². The van der Waals surface area contributed by atoms with Crippen LogP contribution < -0.4 is 0 Å². The van der Waals surface area contributed by atoms with Crippen LogP contribution in [0.4, 0.5) is 4.39 Å². The predicted molar refractivity (Wildman–Crippen MR) is 68.7 cm³/mol. The molecule has 0 atom stereocenters. The van der Waals surface area contributed by atoms with Crippen molar-refractivity contribution in [3.05, 3.63) is 47.0 Å². The van der Waals surface area contributed by atoms with Crippen LogP contribution in [0.2, 0.25) is 5.02 Å². The van der Waals surface area contributed by atoms with E-state index < -0.39 is 20.7 Å². The van der Waals surface area contributed by atoms with Crippen LogP contribution in [0.25, 0.3) is 0 Å². The Balaban J connectivity index is 2.34. The first-order chi connectivity index (χ1) is 8.93. The molecular formula is C11H11ClFN3O2S. The maximum absolute atomic E-state index is 13.8. The molecule has 1 heterocycles. The molecule has 5 nitrogen and oxygen atoms in total. The molecular weight excluding hydrogens is 293 g/mol. The zero-order valence-corrected chi connectivity index (χ0v) is 11.5. The molecule has 0 fully saturated rings. The van der Waals surface area contributed by atoms with Gasteiger partial charge in [-0.25, -0.2) is 12.8 Å². The summed E-state index contributed by atoms with van der Waals surface area (Å²) in [6.45, 7) is 0.0881. The summed E-state index contributed by atoms with van der Waals surface area (Å²) >= 11 is 5.59. The molecule has 1 aromatic carbocycles. The Morgan fingerprint density at radius 3 is 2.84 bits per heavy atom. The number of nitrogens with zero attached hydrogens (tertiary/aromatic N) is 2. The molecule has 0 saturated carbocycles. The molecule has 1 N–H and O–H groups in total. The molecule has 0 aliphatic carbocycles. The summed E-state index contributed by atoms with van der Waals surface area (Å²) in [5, 5.41) is 6.08. The molecule has 8 heteroatoms. The minimum atomic E-state index is -3.94. The summed E-state index contributed by atoms with van der Waals surface area (Å²) in [5.74, 6) is -0.941. The second kappa shape index (κ2) is 5.28. The molecule has 0 radical (unpaired) electrons. The zero-order chi connectivity index (χ0) is 14.0. The molecule has 0 saturated heterocycles. The van der Waals surface area contributed by atoms with Crippen molar-refractivity contribution in [3.63, 3.8) is 0 Å². The number of benzene rings is 1. The van der Waals surface area contributed by atoms with Crippen LogP contribution in [-0.2, 0) is 16.6 Å². The fourth-order valence-corrected chi connectivity index (χ4v) is 3.03. The molecule has 0 unspecified atom stereocenters. The van der Waals surface area contributed by atoms with Crippen LogP contribution in [0.5, 0.6) is 0 Å². The van der Waals surface area contributed by atoms with Crippen molar-refractivity contribution in [3.8, 4) is 0 Å². The molecule has 0 aliphatic heterocycles. The molecule has 0 aliphatic rings. The number of H-pyrrole nitrogens is 1. The number of rotatable bonds is 4. The number of hydrogen-bond acceptors (Lipinski definition) is 3.